The lowest BCUT2D eigenvalue weighted by atomic mass is 10.00. The van der Waals surface area contributed by atoms with E-state index in [-0.39, 0.29) is 18.1 Å². The van der Waals surface area contributed by atoms with E-state index in [1.807, 2.05) is 19.9 Å². The van der Waals surface area contributed by atoms with Gasteiger partial charge in [0.05, 0.1) is 28.9 Å². The number of nitrogens with one attached hydrogen (secondary N) is 1. The van der Waals surface area contributed by atoms with E-state index in [1.165, 1.54) is 19.2 Å². The first-order chi connectivity index (χ1) is 15.6. The average molecular weight is 473 g/mol. The molecule has 0 aliphatic rings. The van der Waals surface area contributed by atoms with Crippen molar-refractivity contribution in [2.45, 2.75) is 26.4 Å². The maximum atomic E-state index is 13.0. The monoisotopic (exact) mass is 472 g/mol. The molecule has 2 aromatic heterocycles. The molecular formula is C25H20ClF3N2O2. The number of benzene rings is 2. The molecule has 170 valence electrons. The van der Waals surface area contributed by atoms with Crippen molar-refractivity contribution in [2.75, 3.05) is 7.11 Å². The molecule has 0 radical (unpaired) electrons. The fourth-order valence-corrected chi connectivity index (χ4v) is 4.13. The van der Waals surface area contributed by atoms with E-state index in [2.05, 4.69) is 9.97 Å². The molecule has 0 saturated heterocycles. The van der Waals surface area contributed by atoms with Crippen molar-refractivity contribution < 1.29 is 22.7 Å². The number of alkyl halides is 3. The molecule has 4 aromatic rings. The first kappa shape index (κ1) is 22.9. The van der Waals surface area contributed by atoms with Gasteiger partial charge >= 0.3 is 6.18 Å². The summed E-state index contributed by atoms with van der Waals surface area (Å²) in [4.78, 5) is 20.6. The number of pyridine rings is 1. The van der Waals surface area contributed by atoms with Crippen LogP contribution in [0.4, 0.5) is 13.2 Å². The van der Waals surface area contributed by atoms with Crippen LogP contribution in [0, 0.1) is 13.8 Å². The lowest BCUT2D eigenvalue weighted by molar-refractivity contribution is -0.137. The molecule has 0 amide bonds. The zero-order valence-corrected chi connectivity index (χ0v) is 18.9. The van der Waals surface area contributed by atoms with Crippen LogP contribution in [0.5, 0.6) is 5.88 Å². The summed E-state index contributed by atoms with van der Waals surface area (Å²) in [6.07, 6.45) is -4.19. The maximum absolute atomic E-state index is 13.0. The van der Waals surface area contributed by atoms with Crippen molar-refractivity contribution >= 4 is 28.3 Å². The first-order valence-electron chi connectivity index (χ1n) is 10.1. The molecule has 0 fully saturated rings. The molecule has 8 heteroatoms. The predicted octanol–water partition coefficient (Wildman–Crippen LogP) is 6.68. The minimum atomic E-state index is -4.41. The standard InChI is InChI=1S/C25H20ClF3N2O2/c1-13-10-14(2)30-22(13)23(32)16-6-9-20-18(12-16)21(26)19(24(31-20)33-3)11-15-4-7-17(8-5-15)25(27,28)29/h4-10,12,30H,11H2,1-3H3. The van der Waals surface area contributed by atoms with Crippen molar-refractivity contribution in [2.24, 2.45) is 0 Å². The molecule has 4 rings (SSSR count). The van der Waals surface area contributed by atoms with Gasteiger partial charge in [0.2, 0.25) is 11.7 Å². The fourth-order valence-electron chi connectivity index (χ4n) is 3.83. The normalized spacial score (nSPS) is 11.7. The molecule has 4 nitrogen and oxygen atoms in total. The summed E-state index contributed by atoms with van der Waals surface area (Å²) in [5.41, 5.74) is 3.66. The Morgan fingerprint density at radius 2 is 1.79 bits per heavy atom. The van der Waals surface area contributed by atoms with Crippen LogP contribution < -0.4 is 4.74 Å². The van der Waals surface area contributed by atoms with Crippen molar-refractivity contribution in [1.82, 2.24) is 9.97 Å². The van der Waals surface area contributed by atoms with E-state index >= 15 is 0 Å². The van der Waals surface area contributed by atoms with Crippen molar-refractivity contribution in [3.05, 3.63) is 92.8 Å². The molecule has 0 atom stereocenters. The summed E-state index contributed by atoms with van der Waals surface area (Å²) < 4.78 is 44.0. The quantitative estimate of drug-likeness (QED) is 0.329. The summed E-state index contributed by atoms with van der Waals surface area (Å²) in [7, 11) is 1.45. The number of aromatic nitrogens is 2. The number of carbonyl (C=O) groups excluding carboxylic acids is 1. The van der Waals surface area contributed by atoms with Gasteiger partial charge in [-0.2, -0.15) is 13.2 Å². The van der Waals surface area contributed by atoms with Crippen LogP contribution in [0.25, 0.3) is 10.9 Å². The number of ketones is 1. The number of rotatable bonds is 5. The Bertz CT molecular complexity index is 1360. The zero-order valence-electron chi connectivity index (χ0n) is 18.1. The third kappa shape index (κ3) is 4.46. The second-order valence-corrected chi connectivity index (χ2v) is 8.23. The minimum absolute atomic E-state index is 0.168. The molecule has 33 heavy (non-hydrogen) atoms. The van der Waals surface area contributed by atoms with Gasteiger partial charge in [-0.1, -0.05) is 23.7 Å². The van der Waals surface area contributed by atoms with E-state index in [0.29, 0.717) is 38.3 Å². The van der Waals surface area contributed by atoms with E-state index in [0.717, 1.165) is 23.4 Å². The number of hydrogen-bond acceptors (Lipinski definition) is 3. The lowest BCUT2D eigenvalue weighted by Crippen LogP contribution is -2.06. The summed E-state index contributed by atoms with van der Waals surface area (Å²) in [6, 6.07) is 11.8. The number of fused-ring (bicyclic) bond motifs is 1. The molecular weight excluding hydrogens is 453 g/mol. The summed E-state index contributed by atoms with van der Waals surface area (Å²) >= 11 is 6.72. The number of nitrogens with zero attached hydrogens (tertiary/aromatic N) is 1. The Morgan fingerprint density at radius 3 is 2.36 bits per heavy atom. The minimum Gasteiger partial charge on any atom is -0.481 e. The van der Waals surface area contributed by atoms with Gasteiger partial charge in [-0.3, -0.25) is 4.79 Å². The van der Waals surface area contributed by atoms with Gasteiger partial charge in [0, 0.05) is 28.6 Å². The highest BCUT2D eigenvalue weighted by molar-refractivity contribution is 6.36. The Labute approximate surface area is 193 Å². The van der Waals surface area contributed by atoms with E-state index in [9.17, 15) is 18.0 Å². The highest BCUT2D eigenvalue weighted by Crippen LogP contribution is 2.35. The number of H-pyrrole nitrogens is 1. The van der Waals surface area contributed by atoms with Gasteiger partial charge in [-0.25, -0.2) is 4.98 Å². The topological polar surface area (TPSA) is 55.0 Å². The predicted molar refractivity (Wildman–Crippen MR) is 121 cm³/mol. The Kier molecular flexibility index (Phi) is 5.93. The van der Waals surface area contributed by atoms with E-state index < -0.39 is 11.7 Å². The largest absolute Gasteiger partial charge is 0.481 e. The summed E-state index contributed by atoms with van der Waals surface area (Å²) in [5, 5.41) is 0.900. The van der Waals surface area contributed by atoms with Gasteiger partial charge in [-0.05, 0) is 61.4 Å². The zero-order chi connectivity index (χ0) is 23.9. The highest BCUT2D eigenvalue weighted by Gasteiger charge is 2.30. The second-order valence-electron chi connectivity index (χ2n) is 7.86. The molecule has 1 N–H and O–H groups in total. The molecule has 0 aliphatic carbocycles. The Morgan fingerprint density at radius 1 is 1.09 bits per heavy atom. The van der Waals surface area contributed by atoms with Crippen LogP contribution in [0.2, 0.25) is 5.02 Å². The summed E-state index contributed by atoms with van der Waals surface area (Å²) in [5.74, 6) is 0.112. The lowest BCUT2D eigenvalue weighted by Gasteiger charge is -2.14. The molecule has 0 saturated carbocycles. The van der Waals surface area contributed by atoms with Gasteiger partial charge in [0.1, 0.15) is 0 Å². The maximum Gasteiger partial charge on any atom is 0.416 e. The van der Waals surface area contributed by atoms with Crippen LogP contribution >= 0.6 is 11.6 Å². The third-order valence-electron chi connectivity index (χ3n) is 5.47. The Hall–Kier alpha value is -3.32. The Balaban J connectivity index is 1.76. The van der Waals surface area contributed by atoms with Gasteiger partial charge in [0.25, 0.3) is 0 Å². The van der Waals surface area contributed by atoms with Crippen LogP contribution in [-0.4, -0.2) is 22.9 Å². The van der Waals surface area contributed by atoms with Crippen LogP contribution in [0.15, 0.2) is 48.5 Å². The molecule has 2 heterocycles. The number of hydrogen-bond donors (Lipinski definition) is 1. The van der Waals surface area contributed by atoms with Gasteiger partial charge < -0.3 is 9.72 Å². The van der Waals surface area contributed by atoms with E-state index in [1.54, 1.807) is 18.2 Å². The highest BCUT2D eigenvalue weighted by atomic mass is 35.5. The second kappa shape index (κ2) is 8.56. The van der Waals surface area contributed by atoms with Gasteiger partial charge in [0.15, 0.2) is 0 Å². The van der Waals surface area contributed by atoms with Crippen LogP contribution in [-0.2, 0) is 12.6 Å². The average Bonchev–Trinajstić information content (AvgIpc) is 3.12. The van der Waals surface area contributed by atoms with Crippen molar-refractivity contribution in [3.63, 3.8) is 0 Å². The molecule has 0 spiro atoms. The smallest absolute Gasteiger partial charge is 0.416 e. The number of ether oxygens (including phenoxy) is 1. The number of aromatic amines is 1. The first-order valence-corrected chi connectivity index (χ1v) is 10.5. The third-order valence-corrected chi connectivity index (χ3v) is 5.90. The van der Waals surface area contributed by atoms with Crippen LogP contribution in [0.1, 0.15) is 44.0 Å². The van der Waals surface area contributed by atoms with Crippen LogP contribution in [0.3, 0.4) is 0 Å². The fraction of sp³-hybridized carbons (Fsp3) is 0.200. The van der Waals surface area contributed by atoms with Crippen molar-refractivity contribution in [3.8, 4) is 5.88 Å². The number of methoxy groups -OCH3 is 1. The SMILES string of the molecule is COc1nc2ccc(C(=O)c3[nH]c(C)cc3C)cc2c(Cl)c1Cc1ccc(C(F)(F)F)cc1. The summed E-state index contributed by atoms with van der Waals surface area (Å²) in [6.45, 7) is 3.74. The molecule has 0 unspecified atom stereocenters. The number of halogens is 4. The molecule has 2 aromatic carbocycles. The van der Waals surface area contributed by atoms with Crippen molar-refractivity contribution in [1.29, 1.82) is 0 Å². The molecule has 0 aliphatic heterocycles. The van der Waals surface area contributed by atoms with E-state index in [4.69, 9.17) is 16.3 Å². The number of carbonyl (C=O) groups is 1. The molecule has 0 bridgehead atoms. The number of aryl methyl sites for hydroxylation is 2. The van der Waals surface area contributed by atoms with Gasteiger partial charge in [-0.15, -0.1) is 0 Å².